The monoisotopic (exact) mass is 245 g/mol. The van der Waals surface area contributed by atoms with Crippen LogP contribution in [-0.2, 0) is 6.54 Å². The molecule has 0 aliphatic heterocycles. The molecule has 0 saturated heterocycles. The fourth-order valence-electron chi connectivity index (χ4n) is 4.70. The Balaban J connectivity index is 1.51. The molecule has 4 rings (SSSR count). The maximum absolute atomic E-state index is 4.38. The molecular weight excluding hydrogens is 222 g/mol. The van der Waals surface area contributed by atoms with Crippen LogP contribution in [0.5, 0.6) is 0 Å². The van der Waals surface area contributed by atoms with Crippen molar-refractivity contribution >= 4 is 0 Å². The van der Waals surface area contributed by atoms with Crippen LogP contribution in [0.2, 0.25) is 0 Å². The molecule has 1 aromatic rings. The Kier molecular flexibility index (Phi) is 2.35. The van der Waals surface area contributed by atoms with Crippen molar-refractivity contribution < 1.29 is 0 Å². The lowest BCUT2D eigenvalue weighted by atomic mass is 10.0. The summed E-state index contributed by atoms with van der Waals surface area (Å²) in [6.45, 7) is 5.36. The van der Waals surface area contributed by atoms with Gasteiger partial charge in [0, 0.05) is 24.8 Å². The summed E-state index contributed by atoms with van der Waals surface area (Å²) in [7, 11) is 0. The molecule has 18 heavy (non-hydrogen) atoms. The SMILES string of the molecule is CC(C)NCc1cncn1C1C2C3CCC(C3)C21. The molecule has 3 aliphatic carbocycles. The van der Waals surface area contributed by atoms with Crippen molar-refractivity contribution in [3.05, 3.63) is 18.2 Å². The van der Waals surface area contributed by atoms with Gasteiger partial charge in [0.2, 0.25) is 0 Å². The van der Waals surface area contributed by atoms with Gasteiger partial charge in [0.15, 0.2) is 0 Å². The lowest BCUT2D eigenvalue weighted by Crippen LogP contribution is -2.23. The van der Waals surface area contributed by atoms with Gasteiger partial charge < -0.3 is 9.88 Å². The fourth-order valence-corrected chi connectivity index (χ4v) is 4.70. The average molecular weight is 245 g/mol. The van der Waals surface area contributed by atoms with E-state index >= 15 is 0 Å². The van der Waals surface area contributed by atoms with Crippen molar-refractivity contribution in [2.45, 2.75) is 51.7 Å². The number of rotatable bonds is 4. The van der Waals surface area contributed by atoms with E-state index in [-0.39, 0.29) is 0 Å². The van der Waals surface area contributed by atoms with E-state index in [2.05, 4.69) is 35.0 Å². The summed E-state index contributed by atoms with van der Waals surface area (Å²) in [4.78, 5) is 4.38. The van der Waals surface area contributed by atoms with Crippen LogP contribution in [0.4, 0.5) is 0 Å². The van der Waals surface area contributed by atoms with E-state index in [1.165, 1.54) is 25.0 Å². The molecule has 4 unspecified atom stereocenters. The Morgan fingerprint density at radius 3 is 2.72 bits per heavy atom. The first-order valence-corrected chi connectivity index (χ1v) is 7.50. The highest BCUT2D eigenvalue weighted by Crippen LogP contribution is 2.71. The molecule has 0 aromatic carbocycles. The molecule has 2 bridgehead atoms. The van der Waals surface area contributed by atoms with Crippen LogP contribution < -0.4 is 5.32 Å². The maximum atomic E-state index is 4.38. The van der Waals surface area contributed by atoms with E-state index in [0.717, 1.165) is 36.3 Å². The van der Waals surface area contributed by atoms with Gasteiger partial charge in [-0.15, -0.1) is 0 Å². The van der Waals surface area contributed by atoms with Gasteiger partial charge in [-0.3, -0.25) is 0 Å². The van der Waals surface area contributed by atoms with E-state index in [1.54, 1.807) is 0 Å². The van der Waals surface area contributed by atoms with Crippen LogP contribution in [0, 0.1) is 23.7 Å². The number of nitrogens with one attached hydrogen (secondary N) is 1. The summed E-state index contributed by atoms with van der Waals surface area (Å²) in [5.41, 5.74) is 1.38. The van der Waals surface area contributed by atoms with Gasteiger partial charge in [-0.25, -0.2) is 4.98 Å². The number of hydrogen-bond acceptors (Lipinski definition) is 2. The predicted octanol–water partition coefficient (Wildman–Crippen LogP) is 2.60. The quantitative estimate of drug-likeness (QED) is 0.883. The third-order valence-corrected chi connectivity index (χ3v) is 5.45. The summed E-state index contributed by atoms with van der Waals surface area (Å²) < 4.78 is 2.48. The maximum Gasteiger partial charge on any atom is 0.0951 e. The topological polar surface area (TPSA) is 29.9 Å². The molecule has 4 atom stereocenters. The number of imidazole rings is 1. The second-order valence-electron chi connectivity index (χ2n) is 6.81. The largest absolute Gasteiger partial charge is 0.330 e. The molecule has 3 heteroatoms. The van der Waals surface area contributed by atoms with E-state index in [0.29, 0.717) is 6.04 Å². The van der Waals surface area contributed by atoms with Crippen LogP contribution in [0.25, 0.3) is 0 Å². The van der Waals surface area contributed by atoms with Crippen molar-refractivity contribution in [2.24, 2.45) is 23.7 Å². The van der Waals surface area contributed by atoms with Crippen molar-refractivity contribution in [1.29, 1.82) is 0 Å². The summed E-state index contributed by atoms with van der Waals surface area (Å²) >= 11 is 0. The van der Waals surface area contributed by atoms with Crippen LogP contribution in [0.1, 0.15) is 44.8 Å². The molecule has 0 amide bonds. The molecule has 3 fully saturated rings. The van der Waals surface area contributed by atoms with Gasteiger partial charge in [0.1, 0.15) is 0 Å². The highest BCUT2D eigenvalue weighted by molar-refractivity contribution is 5.18. The summed E-state index contributed by atoms with van der Waals surface area (Å²) in [5, 5.41) is 3.51. The minimum absolute atomic E-state index is 0.545. The Labute approximate surface area is 109 Å². The molecule has 98 valence electrons. The minimum Gasteiger partial charge on any atom is -0.330 e. The first-order valence-electron chi connectivity index (χ1n) is 7.50. The minimum atomic E-state index is 0.545. The van der Waals surface area contributed by atoms with Crippen molar-refractivity contribution in [2.75, 3.05) is 0 Å². The molecule has 3 nitrogen and oxygen atoms in total. The molecule has 3 aliphatic rings. The van der Waals surface area contributed by atoms with E-state index < -0.39 is 0 Å². The van der Waals surface area contributed by atoms with E-state index in [4.69, 9.17) is 0 Å². The Morgan fingerprint density at radius 2 is 2.06 bits per heavy atom. The van der Waals surface area contributed by atoms with E-state index in [1.807, 2.05) is 6.20 Å². The second kappa shape index (κ2) is 3.83. The van der Waals surface area contributed by atoms with Gasteiger partial charge in [-0.1, -0.05) is 13.8 Å². The van der Waals surface area contributed by atoms with E-state index in [9.17, 15) is 0 Å². The summed E-state index contributed by atoms with van der Waals surface area (Å²) in [6.07, 6.45) is 8.64. The lowest BCUT2D eigenvalue weighted by Gasteiger charge is -2.14. The Morgan fingerprint density at radius 1 is 1.33 bits per heavy atom. The molecule has 1 N–H and O–H groups in total. The Bertz CT molecular complexity index is 434. The standard InChI is InChI=1S/C15H23N3/c1-9(2)17-7-12-6-16-8-18(12)15-13-10-3-4-11(5-10)14(13)15/h6,8-11,13-15,17H,3-5,7H2,1-2H3. The van der Waals surface area contributed by atoms with Crippen LogP contribution in [0.15, 0.2) is 12.5 Å². The zero-order chi connectivity index (χ0) is 12.3. The van der Waals surface area contributed by atoms with Crippen molar-refractivity contribution in [1.82, 2.24) is 14.9 Å². The molecule has 0 spiro atoms. The molecule has 3 saturated carbocycles. The smallest absolute Gasteiger partial charge is 0.0951 e. The normalized spacial score (nSPS) is 40.5. The number of fused-ring (bicyclic) bond motifs is 5. The van der Waals surface area contributed by atoms with Gasteiger partial charge in [0.25, 0.3) is 0 Å². The van der Waals surface area contributed by atoms with Crippen LogP contribution in [0.3, 0.4) is 0 Å². The predicted molar refractivity (Wildman–Crippen MR) is 71.1 cm³/mol. The highest BCUT2D eigenvalue weighted by atomic mass is 15.2. The zero-order valence-corrected chi connectivity index (χ0v) is 11.3. The number of nitrogens with zero attached hydrogens (tertiary/aromatic N) is 2. The second-order valence-corrected chi connectivity index (χ2v) is 6.81. The van der Waals surface area contributed by atoms with Gasteiger partial charge in [-0.2, -0.15) is 0 Å². The molecular formula is C15H23N3. The third kappa shape index (κ3) is 1.49. The van der Waals surface area contributed by atoms with Gasteiger partial charge in [0.05, 0.1) is 12.0 Å². The average Bonchev–Trinajstić information content (AvgIpc) is 2.77. The van der Waals surface area contributed by atoms with Gasteiger partial charge >= 0.3 is 0 Å². The fraction of sp³-hybridized carbons (Fsp3) is 0.800. The van der Waals surface area contributed by atoms with Crippen LogP contribution in [-0.4, -0.2) is 15.6 Å². The lowest BCUT2D eigenvalue weighted by molar-refractivity contribution is 0.441. The summed E-state index contributed by atoms with van der Waals surface area (Å²) in [5.74, 6) is 4.07. The Hall–Kier alpha value is -0.830. The third-order valence-electron chi connectivity index (χ3n) is 5.45. The number of aromatic nitrogens is 2. The first-order chi connectivity index (χ1) is 8.75. The number of hydrogen-bond donors (Lipinski definition) is 1. The van der Waals surface area contributed by atoms with Crippen molar-refractivity contribution in [3.8, 4) is 0 Å². The molecule has 1 heterocycles. The van der Waals surface area contributed by atoms with Crippen LogP contribution >= 0.6 is 0 Å². The highest BCUT2D eigenvalue weighted by Gasteiger charge is 2.65. The van der Waals surface area contributed by atoms with Gasteiger partial charge in [-0.05, 0) is 42.9 Å². The van der Waals surface area contributed by atoms with Crippen molar-refractivity contribution in [3.63, 3.8) is 0 Å². The first kappa shape index (κ1) is 11.0. The molecule has 1 aromatic heterocycles. The zero-order valence-electron chi connectivity index (χ0n) is 11.3. The molecule has 0 radical (unpaired) electrons. The summed E-state index contributed by atoms with van der Waals surface area (Å²) in [6, 6.07) is 1.34.